The fourth-order valence-corrected chi connectivity index (χ4v) is 4.74. The van der Waals surface area contributed by atoms with E-state index in [0.717, 1.165) is 40.0 Å². The zero-order valence-corrected chi connectivity index (χ0v) is 25.4. The Labute approximate surface area is 258 Å². The average molecular weight is 596 g/mol. The van der Waals surface area contributed by atoms with Crippen molar-refractivity contribution < 1.29 is 19.4 Å². The van der Waals surface area contributed by atoms with Gasteiger partial charge in [0.05, 0.1) is 25.7 Å². The third-order valence-corrected chi connectivity index (χ3v) is 7.45. The topological polar surface area (TPSA) is 139 Å². The lowest BCUT2D eigenvalue weighted by atomic mass is 10.0. The molecule has 4 rings (SSSR count). The zero-order chi connectivity index (χ0) is 31.5. The molecule has 3 aromatic carbocycles. The molecule has 9 heteroatoms. The molecule has 9 nitrogen and oxygen atoms in total. The number of aromatic nitrogens is 1. The Morgan fingerprint density at radius 1 is 0.864 bits per heavy atom. The van der Waals surface area contributed by atoms with Gasteiger partial charge in [-0.25, -0.2) is 4.98 Å². The molecule has 1 aromatic heterocycles. The first kappa shape index (κ1) is 32.2. The molecule has 0 aliphatic carbocycles. The van der Waals surface area contributed by atoms with Crippen LogP contribution in [-0.2, 0) is 24.2 Å². The molecule has 0 fully saturated rings. The molecule has 0 aliphatic heterocycles. The number of pyridine rings is 1. The van der Waals surface area contributed by atoms with Gasteiger partial charge >= 0.3 is 0 Å². The Balaban J connectivity index is 1.17. The van der Waals surface area contributed by atoms with E-state index < -0.39 is 6.10 Å². The van der Waals surface area contributed by atoms with Crippen LogP contribution in [0.3, 0.4) is 0 Å². The number of amides is 2. The van der Waals surface area contributed by atoms with Crippen molar-refractivity contribution in [2.75, 3.05) is 19.4 Å². The fraction of sp³-hybridized carbons (Fsp3) is 0.286. The Morgan fingerprint density at radius 2 is 1.50 bits per heavy atom. The first-order chi connectivity index (χ1) is 21.2. The molecular weight excluding hydrogens is 554 g/mol. The van der Waals surface area contributed by atoms with Gasteiger partial charge in [0.15, 0.2) is 0 Å². The van der Waals surface area contributed by atoms with E-state index in [4.69, 9.17) is 10.5 Å². The molecule has 0 radical (unpaired) electrons. The minimum atomic E-state index is -0.663. The predicted octanol–water partition coefficient (Wildman–Crippen LogP) is 4.28. The molecule has 1 unspecified atom stereocenters. The number of benzene rings is 3. The summed E-state index contributed by atoms with van der Waals surface area (Å²) in [6, 6.07) is 26.3. The van der Waals surface area contributed by atoms with Crippen LogP contribution in [-0.4, -0.2) is 41.6 Å². The van der Waals surface area contributed by atoms with Crippen molar-refractivity contribution in [3.63, 3.8) is 0 Å². The Hall–Kier alpha value is -4.73. The summed E-state index contributed by atoms with van der Waals surface area (Å²) in [5, 5.41) is 19.7. The minimum Gasteiger partial charge on any atom is -0.497 e. The lowest BCUT2D eigenvalue weighted by molar-refractivity contribution is -0.120. The van der Waals surface area contributed by atoms with Crippen LogP contribution in [0.25, 0.3) is 0 Å². The smallest absolute Gasteiger partial charge is 0.251 e. The number of nitrogens with two attached hydrogens (primary N) is 1. The SMILES string of the molecule is COc1ccc([C@@H](C)NC(=O)c2ccc(CNC(=O)Cc3ccc(CC(C)NC[C@@H](O)c4ccc(N)nc4)cc3)cc2)cc1. The van der Waals surface area contributed by atoms with Gasteiger partial charge in [-0.3, -0.25) is 9.59 Å². The first-order valence-corrected chi connectivity index (χ1v) is 14.7. The highest BCUT2D eigenvalue weighted by atomic mass is 16.5. The van der Waals surface area contributed by atoms with Gasteiger partial charge in [0.1, 0.15) is 11.6 Å². The van der Waals surface area contributed by atoms with E-state index in [9.17, 15) is 14.7 Å². The Bertz CT molecular complexity index is 1490. The minimum absolute atomic E-state index is 0.0749. The number of nitrogens with one attached hydrogen (secondary N) is 3. The van der Waals surface area contributed by atoms with E-state index in [2.05, 4.69) is 27.9 Å². The largest absolute Gasteiger partial charge is 0.497 e. The number of aliphatic hydroxyl groups is 1. The fourth-order valence-electron chi connectivity index (χ4n) is 4.74. The van der Waals surface area contributed by atoms with E-state index in [1.54, 1.807) is 37.6 Å². The first-order valence-electron chi connectivity index (χ1n) is 14.7. The molecule has 0 aliphatic rings. The van der Waals surface area contributed by atoms with Crippen molar-refractivity contribution in [1.82, 2.24) is 20.9 Å². The van der Waals surface area contributed by atoms with Crippen molar-refractivity contribution in [3.05, 3.63) is 125 Å². The number of nitrogen functional groups attached to an aromatic ring is 1. The van der Waals surface area contributed by atoms with Crippen molar-refractivity contribution in [1.29, 1.82) is 0 Å². The van der Waals surface area contributed by atoms with Crippen LogP contribution in [0, 0.1) is 0 Å². The number of hydrogen-bond donors (Lipinski definition) is 5. The van der Waals surface area contributed by atoms with Crippen molar-refractivity contribution in [3.8, 4) is 5.75 Å². The van der Waals surface area contributed by atoms with Crippen molar-refractivity contribution in [2.45, 2.75) is 51.4 Å². The lowest BCUT2D eigenvalue weighted by Gasteiger charge is -2.17. The van der Waals surface area contributed by atoms with E-state index in [1.807, 2.05) is 67.6 Å². The van der Waals surface area contributed by atoms with Crippen LogP contribution in [0.4, 0.5) is 5.82 Å². The number of carbonyl (C=O) groups is 2. The molecule has 1 heterocycles. The van der Waals surface area contributed by atoms with Crippen molar-refractivity contribution >= 4 is 17.6 Å². The van der Waals surface area contributed by atoms with Gasteiger partial charge in [0.2, 0.25) is 5.91 Å². The van der Waals surface area contributed by atoms with Gasteiger partial charge in [0.25, 0.3) is 5.91 Å². The molecule has 6 N–H and O–H groups in total. The molecule has 0 spiro atoms. The number of anilines is 1. The van der Waals surface area contributed by atoms with Crippen LogP contribution >= 0.6 is 0 Å². The third kappa shape index (κ3) is 9.65. The maximum absolute atomic E-state index is 12.7. The van der Waals surface area contributed by atoms with E-state index in [-0.39, 0.29) is 30.3 Å². The summed E-state index contributed by atoms with van der Waals surface area (Å²) in [7, 11) is 1.62. The average Bonchev–Trinajstić information content (AvgIpc) is 3.04. The summed E-state index contributed by atoms with van der Waals surface area (Å²) in [5.74, 6) is 0.957. The molecule has 0 saturated heterocycles. The van der Waals surface area contributed by atoms with Crippen molar-refractivity contribution in [2.24, 2.45) is 0 Å². The van der Waals surface area contributed by atoms with Gasteiger partial charge in [-0.15, -0.1) is 0 Å². The summed E-state index contributed by atoms with van der Waals surface area (Å²) in [5.41, 5.74) is 10.8. The molecule has 0 saturated carbocycles. The molecule has 230 valence electrons. The summed E-state index contributed by atoms with van der Waals surface area (Å²) in [6.07, 6.45) is 1.99. The van der Waals surface area contributed by atoms with Gasteiger partial charge in [-0.2, -0.15) is 0 Å². The van der Waals surface area contributed by atoms with Gasteiger partial charge < -0.3 is 31.5 Å². The summed E-state index contributed by atoms with van der Waals surface area (Å²) in [6.45, 7) is 4.79. The molecule has 44 heavy (non-hydrogen) atoms. The molecule has 2 amide bonds. The Morgan fingerprint density at radius 3 is 2.14 bits per heavy atom. The standard InChI is InChI=1S/C35H41N5O4/c1-23(37-22-32(41)30-14-17-33(36)38-21-30)18-25-4-6-26(7-5-25)19-34(42)39-20-27-8-10-29(11-9-27)35(43)40-24(2)28-12-15-31(44-3)16-13-28/h4-17,21,23-24,32,37,41H,18-20,22H2,1-3H3,(H2,36,38)(H,39,42)(H,40,43)/t23?,24-,32-/m1/s1. The maximum atomic E-state index is 12.7. The second-order valence-electron chi connectivity index (χ2n) is 11.0. The van der Waals surface area contributed by atoms with Crippen LogP contribution in [0.5, 0.6) is 5.75 Å². The second kappa shape index (κ2) is 15.7. The summed E-state index contributed by atoms with van der Waals surface area (Å²) in [4.78, 5) is 29.3. The highest BCUT2D eigenvalue weighted by Crippen LogP contribution is 2.18. The lowest BCUT2D eigenvalue weighted by Crippen LogP contribution is -2.32. The van der Waals surface area contributed by atoms with E-state index in [0.29, 0.717) is 24.5 Å². The number of aliphatic hydroxyl groups excluding tert-OH is 1. The second-order valence-corrected chi connectivity index (χ2v) is 11.0. The van der Waals surface area contributed by atoms with E-state index in [1.165, 1.54) is 0 Å². The van der Waals surface area contributed by atoms with Crippen LogP contribution in [0.2, 0.25) is 0 Å². The van der Waals surface area contributed by atoms with E-state index >= 15 is 0 Å². The normalized spacial score (nSPS) is 13.0. The van der Waals surface area contributed by atoms with Crippen LogP contribution < -0.4 is 26.4 Å². The highest BCUT2D eigenvalue weighted by molar-refractivity contribution is 5.94. The van der Waals surface area contributed by atoms with Gasteiger partial charge in [-0.05, 0) is 72.9 Å². The number of hydrogen-bond acceptors (Lipinski definition) is 7. The monoisotopic (exact) mass is 595 g/mol. The highest BCUT2D eigenvalue weighted by Gasteiger charge is 2.13. The quantitative estimate of drug-likeness (QED) is 0.147. The van der Waals surface area contributed by atoms with Gasteiger partial charge in [0, 0.05) is 36.5 Å². The summed E-state index contributed by atoms with van der Waals surface area (Å²) >= 11 is 0. The molecule has 3 atom stereocenters. The van der Waals surface area contributed by atoms with Crippen LogP contribution in [0.15, 0.2) is 91.1 Å². The predicted molar refractivity (Wildman–Crippen MR) is 172 cm³/mol. The number of ether oxygens (including phenoxy) is 1. The summed E-state index contributed by atoms with van der Waals surface area (Å²) < 4.78 is 5.19. The van der Waals surface area contributed by atoms with Gasteiger partial charge in [-0.1, -0.05) is 54.6 Å². The molecule has 0 bridgehead atoms. The maximum Gasteiger partial charge on any atom is 0.251 e. The molecule has 4 aromatic rings. The number of carbonyl (C=O) groups excluding carboxylic acids is 2. The molecular formula is C35H41N5O4. The number of rotatable bonds is 14. The Kier molecular flexibility index (Phi) is 11.5. The van der Waals surface area contributed by atoms with Crippen LogP contribution in [0.1, 0.15) is 64.2 Å². The zero-order valence-electron chi connectivity index (χ0n) is 25.4. The number of nitrogens with zero attached hydrogens (tertiary/aromatic N) is 1. The third-order valence-electron chi connectivity index (χ3n) is 7.45. The number of methoxy groups -OCH3 is 1.